The Kier molecular flexibility index (Phi) is 6.60. The Hall–Kier alpha value is -2.90. The van der Waals surface area contributed by atoms with Gasteiger partial charge in [-0.05, 0) is 37.1 Å². The first-order chi connectivity index (χ1) is 16.2. The molecule has 3 heterocycles. The number of nitrogens with zero attached hydrogens (tertiary/aromatic N) is 4. The number of benzene rings is 2. The van der Waals surface area contributed by atoms with Gasteiger partial charge in [-0.25, -0.2) is 4.98 Å². The van der Waals surface area contributed by atoms with Gasteiger partial charge >= 0.3 is 0 Å². The Morgan fingerprint density at radius 1 is 1.12 bits per heavy atom. The van der Waals surface area contributed by atoms with Crippen LogP contribution >= 0.6 is 0 Å². The largest absolute Gasteiger partial charge is 0.379 e. The third-order valence-electron chi connectivity index (χ3n) is 6.88. The summed E-state index contributed by atoms with van der Waals surface area (Å²) in [7, 11) is 2.06. The van der Waals surface area contributed by atoms with E-state index in [0.717, 1.165) is 86.9 Å². The van der Waals surface area contributed by atoms with Crippen LogP contribution in [-0.2, 0) is 16.6 Å². The van der Waals surface area contributed by atoms with Crippen molar-refractivity contribution < 1.29 is 9.53 Å². The van der Waals surface area contributed by atoms with Crippen LogP contribution < -0.4 is 10.2 Å². The Balaban J connectivity index is 1.24. The Bertz CT molecular complexity index is 1110. The van der Waals surface area contributed by atoms with E-state index in [9.17, 15) is 4.79 Å². The number of hydrogen-bond acceptors (Lipinski definition) is 5. The van der Waals surface area contributed by atoms with Crippen LogP contribution in [-0.4, -0.2) is 72.8 Å². The van der Waals surface area contributed by atoms with Crippen molar-refractivity contribution in [3.05, 3.63) is 48.5 Å². The standard InChI is InChI=1S/C26H33N5O2/c1-29-24-10-3-2-9-23(24)28-25(29)20-6-4-8-22(18-20)31-12-5-7-21(19-31)26(32)27-11-13-30-14-16-33-17-15-30/h2-4,6,8-10,18,21H,5,7,11-17,19H2,1H3,(H,27,32)/t21-/m1/s1. The van der Waals surface area contributed by atoms with Gasteiger partial charge in [0.1, 0.15) is 5.82 Å². The maximum absolute atomic E-state index is 12.9. The fourth-order valence-corrected chi connectivity index (χ4v) is 4.98. The highest BCUT2D eigenvalue weighted by atomic mass is 16.5. The van der Waals surface area contributed by atoms with Gasteiger partial charge in [0.2, 0.25) is 5.91 Å². The van der Waals surface area contributed by atoms with E-state index < -0.39 is 0 Å². The second-order valence-electron chi connectivity index (χ2n) is 9.06. The zero-order valence-electron chi connectivity index (χ0n) is 19.4. The first-order valence-electron chi connectivity index (χ1n) is 12.0. The summed E-state index contributed by atoms with van der Waals surface area (Å²) in [6.45, 7) is 6.82. The van der Waals surface area contributed by atoms with E-state index in [1.54, 1.807) is 0 Å². The molecule has 7 heteroatoms. The topological polar surface area (TPSA) is 62.6 Å². The first kappa shape index (κ1) is 21.9. The number of carbonyl (C=O) groups is 1. The number of aryl methyl sites for hydroxylation is 1. The summed E-state index contributed by atoms with van der Waals surface area (Å²) < 4.78 is 7.54. The summed E-state index contributed by atoms with van der Waals surface area (Å²) in [5.41, 5.74) is 4.39. The van der Waals surface area contributed by atoms with Crippen molar-refractivity contribution in [3.8, 4) is 11.4 Å². The monoisotopic (exact) mass is 447 g/mol. The Morgan fingerprint density at radius 3 is 2.82 bits per heavy atom. The number of amides is 1. The lowest BCUT2D eigenvalue weighted by Gasteiger charge is -2.34. The molecule has 2 saturated heterocycles. The smallest absolute Gasteiger partial charge is 0.224 e. The van der Waals surface area contributed by atoms with Gasteiger partial charge in [0.25, 0.3) is 0 Å². The molecule has 0 bridgehead atoms. The molecule has 2 aliphatic heterocycles. The van der Waals surface area contributed by atoms with E-state index in [-0.39, 0.29) is 11.8 Å². The molecule has 174 valence electrons. The Labute approximate surface area is 195 Å². The average Bonchev–Trinajstić information content (AvgIpc) is 3.21. The zero-order chi connectivity index (χ0) is 22.6. The van der Waals surface area contributed by atoms with Gasteiger partial charge in [-0.15, -0.1) is 0 Å². The van der Waals surface area contributed by atoms with Crippen LogP contribution in [0.5, 0.6) is 0 Å². The summed E-state index contributed by atoms with van der Waals surface area (Å²) in [5, 5.41) is 3.17. The fraction of sp³-hybridized carbons (Fsp3) is 0.462. The number of piperidine rings is 1. The number of rotatable bonds is 6. The van der Waals surface area contributed by atoms with Gasteiger partial charge in [0.05, 0.1) is 30.2 Å². The number of anilines is 1. The molecule has 1 amide bonds. The van der Waals surface area contributed by atoms with Gasteiger partial charge in [-0.1, -0.05) is 24.3 Å². The predicted octanol–water partition coefficient (Wildman–Crippen LogP) is 2.91. The molecule has 33 heavy (non-hydrogen) atoms. The molecule has 0 spiro atoms. The van der Waals surface area contributed by atoms with E-state index in [1.807, 2.05) is 12.1 Å². The molecule has 3 aromatic rings. The highest BCUT2D eigenvalue weighted by Gasteiger charge is 2.26. The van der Waals surface area contributed by atoms with Crippen molar-refractivity contribution in [1.82, 2.24) is 19.8 Å². The van der Waals surface area contributed by atoms with Gasteiger partial charge in [0.15, 0.2) is 0 Å². The SMILES string of the molecule is Cn1c(-c2cccc(N3CCC[C@@H](C(=O)NCCN4CCOCC4)C3)c2)nc2ccccc21. The summed E-state index contributed by atoms with van der Waals surface area (Å²) in [4.78, 5) is 22.4. The summed E-state index contributed by atoms with van der Waals surface area (Å²) in [6.07, 6.45) is 1.97. The molecule has 2 aliphatic rings. The molecule has 2 aromatic carbocycles. The molecule has 5 rings (SSSR count). The highest BCUT2D eigenvalue weighted by Crippen LogP contribution is 2.29. The molecule has 1 aromatic heterocycles. The lowest BCUT2D eigenvalue weighted by atomic mass is 9.96. The first-order valence-corrected chi connectivity index (χ1v) is 12.0. The third kappa shape index (κ3) is 4.89. The van der Waals surface area contributed by atoms with Crippen LogP contribution in [0.15, 0.2) is 48.5 Å². The van der Waals surface area contributed by atoms with Crippen molar-refractivity contribution in [3.63, 3.8) is 0 Å². The number of aromatic nitrogens is 2. The molecular formula is C26H33N5O2. The molecule has 7 nitrogen and oxygen atoms in total. The molecule has 0 radical (unpaired) electrons. The molecule has 1 N–H and O–H groups in total. The van der Waals surface area contributed by atoms with E-state index in [4.69, 9.17) is 9.72 Å². The third-order valence-corrected chi connectivity index (χ3v) is 6.88. The van der Waals surface area contributed by atoms with Crippen LogP contribution in [0, 0.1) is 5.92 Å². The fourth-order valence-electron chi connectivity index (χ4n) is 4.98. The summed E-state index contributed by atoms with van der Waals surface area (Å²) in [6, 6.07) is 16.8. The van der Waals surface area contributed by atoms with Crippen LogP contribution in [0.1, 0.15) is 12.8 Å². The highest BCUT2D eigenvalue weighted by molar-refractivity contribution is 5.81. The second-order valence-corrected chi connectivity index (χ2v) is 9.06. The number of ether oxygens (including phenoxy) is 1. The van der Waals surface area contributed by atoms with Gasteiger partial charge in [0, 0.05) is 57.6 Å². The van der Waals surface area contributed by atoms with Gasteiger partial charge < -0.3 is 19.5 Å². The van der Waals surface area contributed by atoms with E-state index in [0.29, 0.717) is 6.54 Å². The van der Waals surface area contributed by atoms with E-state index in [2.05, 4.69) is 63.1 Å². The summed E-state index contributed by atoms with van der Waals surface area (Å²) >= 11 is 0. The molecule has 2 fully saturated rings. The van der Waals surface area contributed by atoms with Crippen molar-refractivity contribution in [2.75, 3.05) is 57.4 Å². The van der Waals surface area contributed by atoms with Crippen LogP contribution in [0.4, 0.5) is 5.69 Å². The molecule has 1 atom stereocenters. The predicted molar refractivity (Wildman–Crippen MR) is 131 cm³/mol. The lowest BCUT2D eigenvalue weighted by Crippen LogP contribution is -2.46. The van der Waals surface area contributed by atoms with E-state index >= 15 is 0 Å². The van der Waals surface area contributed by atoms with Gasteiger partial charge in [-0.2, -0.15) is 0 Å². The number of nitrogens with one attached hydrogen (secondary N) is 1. The quantitative estimate of drug-likeness (QED) is 0.630. The van der Waals surface area contributed by atoms with Crippen molar-refractivity contribution in [2.24, 2.45) is 13.0 Å². The number of morpholine rings is 1. The van der Waals surface area contributed by atoms with Gasteiger partial charge in [-0.3, -0.25) is 9.69 Å². The lowest BCUT2D eigenvalue weighted by molar-refractivity contribution is -0.125. The molecule has 0 aliphatic carbocycles. The van der Waals surface area contributed by atoms with Crippen LogP contribution in [0.3, 0.4) is 0 Å². The number of carbonyl (C=O) groups excluding carboxylic acids is 1. The normalized spacial score (nSPS) is 19.7. The number of fused-ring (bicyclic) bond motifs is 1. The number of imidazole rings is 1. The second kappa shape index (κ2) is 9.93. The minimum Gasteiger partial charge on any atom is -0.379 e. The number of para-hydroxylation sites is 2. The summed E-state index contributed by atoms with van der Waals surface area (Å²) in [5.74, 6) is 1.18. The number of hydrogen-bond donors (Lipinski definition) is 1. The van der Waals surface area contributed by atoms with Crippen LogP contribution in [0.25, 0.3) is 22.4 Å². The maximum atomic E-state index is 12.9. The van der Waals surface area contributed by atoms with Crippen molar-refractivity contribution >= 4 is 22.6 Å². The minimum absolute atomic E-state index is 0.0304. The molecule has 0 unspecified atom stereocenters. The average molecular weight is 448 g/mol. The maximum Gasteiger partial charge on any atom is 0.224 e. The van der Waals surface area contributed by atoms with Crippen LogP contribution in [0.2, 0.25) is 0 Å². The molecule has 0 saturated carbocycles. The van der Waals surface area contributed by atoms with Crippen molar-refractivity contribution in [1.29, 1.82) is 0 Å². The van der Waals surface area contributed by atoms with E-state index in [1.165, 1.54) is 0 Å². The van der Waals surface area contributed by atoms with Crippen molar-refractivity contribution in [2.45, 2.75) is 12.8 Å². The Morgan fingerprint density at radius 2 is 1.97 bits per heavy atom. The zero-order valence-corrected chi connectivity index (χ0v) is 19.4. The minimum atomic E-state index is 0.0304. The molecular weight excluding hydrogens is 414 g/mol.